The molecule has 0 aliphatic carbocycles. The minimum absolute atomic E-state index is 0.00644. The Morgan fingerprint density at radius 3 is 2.08 bits per heavy atom. The van der Waals surface area contributed by atoms with Gasteiger partial charge >= 0.3 is 0 Å². The Morgan fingerprint density at radius 2 is 1.54 bits per heavy atom. The van der Waals surface area contributed by atoms with Gasteiger partial charge in [0.15, 0.2) is 0 Å². The molecule has 0 saturated heterocycles. The van der Waals surface area contributed by atoms with Crippen LogP contribution in [0, 0.1) is 5.82 Å². The number of anilines is 1. The van der Waals surface area contributed by atoms with E-state index < -0.39 is 34.3 Å². The van der Waals surface area contributed by atoms with E-state index in [1.807, 2.05) is 18.2 Å². The van der Waals surface area contributed by atoms with Crippen molar-refractivity contribution in [1.29, 1.82) is 0 Å². The van der Waals surface area contributed by atoms with Gasteiger partial charge in [0.05, 0.1) is 11.9 Å². The van der Waals surface area contributed by atoms with Crippen LogP contribution in [0.25, 0.3) is 0 Å². The summed E-state index contributed by atoms with van der Waals surface area (Å²) in [6.07, 6.45) is 1.31. The van der Waals surface area contributed by atoms with Gasteiger partial charge in [-0.2, -0.15) is 0 Å². The highest BCUT2D eigenvalue weighted by molar-refractivity contribution is 7.92. The fraction of sp³-hybridized carbons (Fsp3) is 0.259. The Balaban J connectivity index is 1.87. The molecule has 3 aromatic rings. The molecule has 0 fully saturated rings. The van der Waals surface area contributed by atoms with Crippen molar-refractivity contribution in [3.8, 4) is 11.5 Å². The predicted molar refractivity (Wildman–Crippen MR) is 140 cm³/mol. The summed E-state index contributed by atoms with van der Waals surface area (Å²) in [7, 11) is -2.39. The number of benzene rings is 3. The minimum atomic E-state index is -3.86. The van der Waals surface area contributed by atoms with Crippen LogP contribution in [0.15, 0.2) is 78.9 Å². The molecule has 1 N–H and O–H groups in total. The van der Waals surface area contributed by atoms with Crippen LogP contribution in [0.4, 0.5) is 10.1 Å². The second-order valence-electron chi connectivity index (χ2n) is 8.37. The van der Waals surface area contributed by atoms with Crippen LogP contribution in [-0.2, 0) is 26.2 Å². The molecule has 0 bridgehead atoms. The van der Waals surface area contributed by atoms with E-state index in [9.17, 15) is 22.4 Å². The molecule has 0 saturated carbocycles. The Hall–Kier alpha value is -3.92. The van der Waals surface area contributed by atoms with Crippen molar-refractivity contribution in [2.75, 3.05) is 24.2 Å². The molecule has 8 nitrogen and oxygen atoms in total. The van der Waals surface area contributed by atoms with Gasteiger partial charge in [-0.25, -0.2) is 12.8 Å². The summed E-state index contributed by atoms with van der Waals surface area (Å²) < 4.78 is 45.5. The van der Waals surface area contributed by atoms with Gasteiger partial charge in [0.1, 0.15) is 29.9 Å². The summed E-state index contributed by atoms with van der Waals surface area (Å²) in [5.74, 6) is -0.260. The third kappa shape index (κ3) is 7.53. The number of halogens is 1. The molecule has 0 unspecified atom stereocenters. The second kappa shape index (κ2) is 12.4. The first kappa shape index (κ1) is 27.7. The number of hydrogen-bond donors (Lipinski definition) is 1. The van der Waals surface area contributed by atoms with Crippen molar-refractivity contribution in [2.45, 2.75) is 25.9 Å². The fourth-order valence-corrected chi connectivity index (χ4v) is 4.64. The normalized spacial score (nSPS) is 11.9. The average Bonchev–Trinajstić information content (AvgIpc) is 2.88. The summed E-state index contributed by atoms with van der Waals surface area (Å²) in [6, 6.07) is 20.2. The van der Waals surface area contributed by atoms with E-state index in [2.05, 4.69) is 5.32 Å². The standard InChI is InChI=1S/C27H30FN3O5S/c1-4-25(27(33)29-2)30(18-20-10-12-21(28)13-11-20)26(32)19-31(37(3,34)35)22-14-16-24(17-15-22)36-23-8-6-5-7-9-23/h5-17,25H,4,18-19H2,1-3H3,(H,29,33)/t25-/m1/s1. The molecular weight excluding hydrogens is 497 g/mol. The third-order valence-corrected chi connectivity index (χ3v) is 6.82. The number of carbonyl (C=O) groups is 2. The highest BCUT2D eigenvalue weighted by Crippen LogP contribution is 2.26. The van der Waals surface area contributed by atoms with E-state index in [0.29, 0.717) is 23.5 Å². The largest absolute Gasteiger partial charge is 0.457 e. The lowest BCUT2D eigenvalue weighted by molar-refractivity contribution is -0.140. The number of sulfonamides is 1. The van der Waals surface area contributed by atoms with Crippen molar-refractivity contribution >= 4 is 27.5 Å². The SMILES string of the molecule is CC[C@H](C(=O)NC)N(Cc1ccc(F)cc1)C(=O)CN(c1ccc(Oc2ccccc2)cc1)S(C)(=O)=O. The van der Waals surface area contributed by atoms with Crippen molar-refractivity contribution < 1.29 is 27.1 Å². The zero-order valence-electron chi connectivity index (χ0n) is 20.9. The van der Waals surface area contributed by atoms with Crippen LogP contribution in [-0.4, -0.2) is 51.0 Å². The molecule has 37 heavy (non-hydrogen) atoms. The Labute approximate surface area is 216 Å². The summed E-state index contributed by atoms with van der Waals surface area (Å²) >= 11 is 0. The fourth-order valence-electron chi connectivity index (χ4n) is 3.79. The van der Waals surface area contributed by atoms with Crippen LogP contribution in [0.3, 0.4) is 0 Å². The van der Waals surface area contributed by atoms with Crippen molar-refractivity contribution in [3.63, 3.8) is 0 Å². The Morgan fingerprint density at radius 1 is 0.946 bits per heavy atom. The maximum Gasteiger partial charge on any atom is 0.244 e. The quantitative estimate of drug-likeness (QED) is 0.408. The summed E-state index contributed by atoms with van der Waals surface area (Å²) in [6.45, 7) is 1.24. The van der Waals surface area contributed by atoms with Crippen LogP contribution in [0.2, 0.25) is 0 Å². The molecule has 1 atom stereocenters. The molecule has 0 heterocycles. The smallest absolute Gasteiger partial charge is 0.244 e. The molecule has 0 aliphatic rings. The Bertz CT molecular complexity index is 1300. The molecule has 196 valence electrons. The predicted octanol–water partition coefficient (Wildman–Crippen LogP) is 3.94. The number of likely N-dealkylation sites (N-methyl/N-ethyl adjacent to an activating group) is 1. The van der Waals surface area contributed by atoms with E-state index in [1.165, 1.54) is 36.2 Å². The number of ether oxygens (including phenoxy) is 1. The highest BCUT2D eigenvalue weighted by atomic mass is 32.2. The van der Waals surface area contributed by atoms with Gasteiger partial charge in [-0.1, -0.05) is 37.3 Å². The Kier molecular flexibility index (Phi) is 9.24. The van der Waals surface area contributed by atoms with E-state index in [1.54, 1.807) is 43.3 Å². The first-order chi connectivity index (χ1) is 17.6. The molecule has 0 aromatic heterocycles. The maximum absolute atomic E-state index is 13.5. The molecule has 2 amide bonds. The number of hydrogen-bond acceptors (Lipinski definition) is 5. The molecular formula is C27H30FN3O5S. The number of nitrogens with zero attached hydrogens (tertiary/aromatic N) is 2. The van der Waals surface area contributed by atoms with Crippen molar-refractivity contribution in [1.82, 2.24) is 10.2 Å². The van der Waals surface area contributed by atoms with Gasteiger partial charge in [-0.15, -0.1) is 0 Å². The zero-order chi connectivity index (χ0) is 27.0. The zero-order valence-corrected chi connectivity index (χ0v) is 21.7. The van der Waals surface area contributed by atoms with E-state index in [-0.39, 0.29) is 18.1 Å². The summed E-state index contributed by atoms with van der Waals surface area (Å²) in [5.41, 5.74) is 0.872. The van der Waals surface area contributed by atoms with Gasteiger partial charge < -0.3 is 15.0 Å². The van der Waals surface area contributed by atoms with Gasteiger partial charge in [-0.05, 0) is 60.5 Å². The van der Waals surface area contributed by atoms with Gasteiger partial charge in [0.2, 0.25) is 21.8 Å². The monoisotopic (exact) mass is 527 g/mol. The average molecular weight is 528 g/mol. The highest BCUT2D eigenvalue weighted by Gasteiger charge is 2.31. The van der Waals surface area contributed by atoms with Crippen LogP contribution in [0.5, 0.6) is 11.5 Å². The van der Waals surface area contributed by atoms with Crippen LogP contribution >= 0.6 is 0 Å². The lowest BCUT2D eigenvalue weighted by Crippen LogP contribution is -2.51. The van der Waals surface area contributed by atoms with Crippen molar-refractivity contribution in [3.05, 3.63) is 90.2 Å². The van der Waals surface area contributed by atoms with E-state index in [4.69, 9.17) is 4.74 Å². The number of carbonyl (C=O) groups excluding carboxylic acids is 2. The van der Waals surface area contributed by atoms with Gasteiger partial charge in [0.25, 0.3) is 0 Å². The van der Waals surface area contributed by atoms with E-state index in [0.717, 1.165) is 10.6 Å². The summed E-state index contributed by atoms with van der Waals surface area (Å²) in [5, 5.41) is 2.55. The van der Waals surface area contributed by atoms with Crippen molar-refractivity contribution in [2.24, 2.45) is 0 Å². The third-order valence-electron chi connectivity index (χ3n) is 5.68. The molecule has 10 heteroatoms. The molecule has 0 radical (unpaired) electrons. The number of para-hydroxylation sites is 1. The maximum atomic E-state index is 13.5. The molecule has 3 rings (SSSR count). The number of amides is 2. The summed E-state index contributed by atoms with van der Waals surface area (Å²) in [4.78, 5) is 27.4. The molecule has 3 aromatic carbocycles. The first-order valence-corrected chi connectivity index (χ1v) is 13.5. The lowest BCUT2D eigenvalue weighted by atomic mass is 10.1. The van der Waals surface area contributed by atoms with E-state index >= 15 is 0 Å². The lowest BCUT2D eigenvalue weighted by Gasteiger charge is -2.32. The van der Waals surface area contributed by atoms with Gasteiger partial charge in [-0.3, -0.25) is 13.9 Å². The van der Waals surface area contributed by atoms with Crippen LogP contribution < -0.4 is 14.4 Å². The van der Waals surface area contributed by atoms with Crippen LogP contribution in [0.1, 0.15) is 18.9 Å². The molecule has 0 aliphatic heterocycles. The van der Waals surface area contributed by atoms with Gasteiger partial charge in [0, 0.05) is 13.6 Å². The molecule has 0 spiro atoms. The first-order valence-electron chi connectivity index (χ1n) is 11.7. The topological polar surface area (TPSA) is 96.0 Å². The second-order valence-corrected chi connectivity index (χ2v) is 10.3. The number of nitrogens with one attached hydrogen (secondary N) is 1. The number of rotatable bonds is 11. The minimum Gasteiger partial charge on any atom is -0.457 e.